The van der Waals surface area contributed by atoms with Crippen LogP contribution in [0.15, 0.2) is 53.9 Å². The molecular formula is C21H20FN3O3S. The van der Waals surface area contributed by atoms with Crippen molar-refractivity contribution < 1.29 is 19.1 Å². The molecule has 3 rings (SSSR count). The van der Waals surface area contributed by atoms with Crippen molar-refractivity contribution in [3.05, 3.63) is 70.9 Å². The first kappa shape index (κ1) is 20.5. The summed E-state index contributed by atoms with van der Waals surface area (Å²) in [5.74, 6) is -1.79. The molecule has 0 aliphatic carbocycles. The van der Waals surface area contributed by atoms with Gasteiger partial charge in [0.25, 0.3) is 5.91 Å². The standard InChI is InChI=1S/C21H20FN3O3S/c1-2-25(21-24-18(13-29-21)15-7-9-17(22)10-8-15)12-14-3-5-16(6-4-14)20(28)23-11-19(26)27/h3-10,13H,2,11-12H2,1H3,(H,23,28)(H,26,27). The third-order valence-electron chi connectivity index (χ3n) is 4.27. The number of thiazole rings is 1. The highest BCUT2D eigenvalue weighted by Crippen LogP contribution is 2.28. The zero-order valence-corrected chi connectivity index (χ0v) is 16.6. The maximum Gasteiger partial charge on any atom is 0.322 e. The Hall–Kier alpha value is -3.26. The third-order valence-corrected chi connectivity index (χ3v) is 5.18. The first-order chi connectivity index (χ1) is 14.0. The van der Waals surface area contributed by atoms with E-state index in [1.807, 2.05) is 24.4 Å². The van der Waals surface area contributed by atoms with E-state index in [1.54, 1.807) is 24.3 Å². The van der Waals surface area contributed by atoms with E-state index in [0.29, 0.717) is 12.1 Å². The van der Waals surface area contributed by atoms with Gasteiger partial charge in [-0.1, -0.05) is 12.1 Å². The fourth-order valence-corrected chi connectivity index (χ4v) is 3.62. The topological polar surface area (TPSA) is 82.5 Å². The number of carboxylic acid groups (broad SMARTS) is 1. The monoisotopic (exact) mass is 413 g/mol. The number of carbonyl (C=O) groups excluding carboxylic acids is 1. The number of nitrogens with one attached hydrogen (secondary N) is 1. The minimum absolute atomic E-state index is 0.278. The number of amides is 1. The second-order valence-electron chi connectivity index (χ2n) is 6.31. The van der Waals surface area contributed by atoms with E-state index in [0.717, 1.165) is 28.5 Å². The molecule has 0 atom stereocenters. The van der Waals surface area contributed by atoms with Gasteiger partial charge in [-0.25, -0.2) is 9.37 Å². The van der Waals surface area contributed by atoms with Crippen LogP contribution in [0.3, 0.4) is 0 Å². The van der Waals surface area contributed by atoms with E-state index >= 15 is 0 Å². The number of benzene rings is 2. The van der Waals surface area contributed by atoms with Crippen LogP contribution in [0.1, 0.15) is 22.8 Å². The van der Waals surface area contributed by atoms with Crippen LogP contribution in [0.25, 0.3) is 11.3 Å². The van der Waals surface area contributed by atoms with Crippen molar-refractivity contribution >= 4 is 28.3 Å². The lowest BCUT2D eigenvalue weighted by Gasteiger charge is -2.20. The predicted molar refractivity (Wildman–Crippen MR) is 111 cm³/mol. The summed E-state index contributed by atoms with van der Waals surface area (Å²) in [4.78, 5) is 29.2. The van der Waals surface area contributed by atoms with Gasteiger partial charge in [0.15, 0.2) is 5.13 Å². The summed E-state index contributed by atoms with van der Waals surface area (Å²) >= 11 is 1.52. The molecule has 6 nitrogen and oxygen atoms in total. The normalized spacial score (nSPS) is 10.6. The first-order valence-electron chi connectivity index (χ1n) is 9.01. The van der Waals surface area contributed by atoms with Gasteiger partial charge in [0.1, 0.15) is 12.4 Å². The van der Waals surface area contributed by atoms with Crippen molar-refractivity contribution in [1.82, 2.24) is 10.3 Å². The van der Waals surface area contributed by atoms with E-state index in [1.165, 1.54) is 23.5 Å². The van der Waals surface area contributed by atoms with Crippen molar-refractivity contribution in [1.29, 1.82) is 0 Å². The largest absolute Gasteiger partial charge is 0.480 e. The molecule has 3 aromatic rings. The van der Waals surface area contributed by atoms with Crippen LogP contribution in [0.5, 0.6) is 0 Å². The number of rotatable bonds is 8. The van der Waals surface area contributed by atoms with Gasteiger partial charge in [0, 0.05) is 29.6 Å². The van der Waals surface area contributed by atoms with E-state index < -0.39 is 18.4 Å². The number of aliphatic carboxylic acids is 1. The zero-order valence-electron chi connectivity index (χ0n) is 15.8. The Bertz CT molecular complexity index is 987. The van der Waals surface area contributed by atoms with Crippen molar-refractivity contribution in [3.8, 4) is 11.3 Å². The number of carboxylic acids is 1. The summed E-state index contributed by atoms with van der Waals surface area (Å²) in [5, 5.41) is 13.8. The molecule has 0 unspecified atom stereocenters. The summed E-state index contributed by atoms with van der Waals surface area (Å²) in [6.07, 6.45) is 0. The molecular weight excluding hydrogens is 393 g/mol. The second-order valence-corrected chi connectivity index (χ2v) is 7.15. The van der Waals surface area contributed by atoms with E-state index in [9.17, 15) is 14.0 Å². The smallest absolute Gasteiger partial charge is 0.322 e. The van der Waals surface area contributed by atoms with Gasteiger partial charge in [-0.05, 0) is 48.9 Å². The number of aromatic nitrogens is 1. The molecule has 150 valence electrons. The van der Waals surface area contributed by atoms with Crippen molar-refractivity contribution in [2.45, 2.75) is 13.5 Å². The zero-order chi connectivity index (χ0) is 20.8. The number of nitrogens with zero attached hydrogens (tertiary/aromatic N) is 2. The first-order valence-corrected chi connectivity index (χ1v) is 9.89. The molecule has 0 aliphatic heterocycles. The number of hydrogen-bond acceptors (Lipinski definition) is 5. The molecule has 0 spiro atoms. The summed E-state index contributed by atoms with van der Waals surface area (Å²) < 4.78 is 13.1. The molecule has 0 radical (unpaired) electrons. The van der Waals surface area contributed by atoms with Crippen LogP contribution in [-0.4, -0.2) is 35.1 Å². The van der Waals surface area contributed by atoms with Gasteiger partial charge >= 0.3 is 5.97 Å². The maximum absolute atomic E-state index is 13.1. The third kappa shape index (κ3) is 5.39. The summed E-state index contributed by atoms with van der Waals surface area (Å²) in [5.41, 5.74) is 3.07. The minimum atomic E-state index is -1.09. The molecule has 0 fully saturated rings. The van der Waals surface area contributed by atoms with E-state index in [2.05, 4.69) is 15.2 Å². The van der Waals surface area contributed by atoms with Gasteiger partial charge in [-0.3, -0.25) is 9.59 Å². The number of halogens is 1. The van der Waals surface area contributed by atoms with Crippen molar-refractivity contribution in [3.63, 3.8) is 0 Å². The van der Waals surface area contributed by atoms with Gasteiger partial charge in [-0.15, -0.1) is 11.3 Å². The molecule has 2 aromatic carbocycles. The van der Waals surface area contributed by atoms with Gasteiger partial charge in [0.05, 0.1) is 5.69 Å². The van der Waals surface area contributed by atoms with Crippen LogP contribution in [0.4, 0.5) is 9.52 Å². The van der Waals surface area contributed by atoms with E-state index in [4.69, 9.17) is 5.11 Å². The quantitative estimate of drug-likeness (QED) is 0.587. The lowest BCUT2D eigenvalue weighted by Crippen LogP contribution is -2.29. The average Bonchev–Trinajstić information content (AvgIpc) is 3.21. The highest BCUT2D eigenvalue weighted by molar-refractivity contribution is 7.14. The SMILES string of the molecule is CCN(Cc1ccc(C(=O)NCC(=O)O)cc1)c1nc(-c2ccc(F)cc2)cs1. The molecule has 2 N–H and O–H groups in total. The minimum Gasteiger partial charge on any atom is -0.480 e. The Morgan fingerprint density at radius 1 is 1.14 bits per heavy atom. The highest BCUT2D eigenvalue weighted by atomic mass is 32.1. The molecule has 1 amide bonds. The lowest BCUT2D eigenvalue weighted by molar-refractivity contribution is -0.135. The molecule has 0 bridgehead atoms. The lowest BCUT2D eigenvalue weighted by atomic mass is 10.1. The van der Waals surface area contributed by atoms with Crippen molar-refractivity contribution in [2.24, 2.45) is 0 Å². The molecule has 0 saturated heterocycles. The predicted octanol–water partition coefficient (Wildman–Crippen LogP) is 3.79. The summed E-state index contributed by atoms with van der Waals surface area (Å²) in [6.45, 7) is 2.98. The van der Waals surface area contributed by atoms with E-state index in [-0.39, 0.29) is 5.82 Å². The van der Waals surface area contributed by atoms with Crippen LogP contribution in [0.2, 0.25) is 0 Å². The fraction of sp³-hybridized carbons (Fsp3) is 0.190. The van der Waals surface area contributed by atoms with Crippen LogP contribution < -0.4 is 10.2 Å². The molecule has 8 heteroatoms. The van der Waals surface area contributed by atoms with Gasteiger partial charge < -0.3 is 15.3 Å². The molecule has 0 aliphatic rings. The second kappa shape index (κ2) is 9.29. The summed E-state index contributed by atoms with van der Waals surface area (Å²) in [6, 6.07) is 13.3. The van der Waals surface area contributed by atoms with Crippen molar-refractivity contribution in [2.75, 3.05) is 18.0 Å². The summed E-state index contributed by atoms with van der Waals surface area (Å²) in [7, 11) is 0. The Balaban J connectivity index is 1.68. The Kier molecular flexibility index (Phi) is 6.56. The molecule has 29 heavy (non-hydrogen) atoms. The Morgan fingerprint density at radius 3 is 2.45 bits per heavy atom. The highest BCUT2D eigenvalue weighted by Gasteiger charge is 2.13. The number of carbonyl (C=O) groups is 2. The van der Waals surface area contributed by atoms with Gasteiger partial charge in [-0.2, -0.15) is 0 Å². The number of anilines is 1. The Morgan fingerprint density at radius 2 is 1.83 bits per heavy atom. The fourth-order valence-electron chi connectivity index (χ4n) is 2.72. The van der Waals surface area contributed by atoms with Gasteiger partial charge in [0.2, 0.25) is 0 Å². The van der Waals surface area contributed by atoms with Crippen LogP contribution in [-0.2, 0) is 11.3 Å². The molecule has 0 saturated carbocycles. The van der Waals surface area contributed by atoms with Crippen LogP contribution >= 0.6 is 11.3 Å². The molecule has 1 aromatic heterocycles. The Labute approximate surface area is 171 Å². The molecule has 1 heterocycles. The van der Waals surface area contributed by atoms with Crippen LogP contribution in [0, 0.1) is 5.82 Å². The maximum atomic E-state index is 13.1. The average molecular weight is 413 g/mol. The number of hydrogen-bond donors (Lipinski definition) is 2.